The van der Waals surface area contributed by atoms with Crippen molar-refractivity contribution in [3.05, 3.63) is 71.3 Å². The van der Waals surface area contributed by atoms with Crippen molar-refractivity contribution in [2.75, 3.05) is 20.3 Å². The minimum Gasteiger partial charge on any atom is -0.496 e. The third-order valence-corrected chi connectivity index (χ3v) is 3.76. The maximum absolute atomic E-state index is 12.3. The lowest BCUT2D eigenvalue weighted by molar-refractivity contribution is 0.0947. The molecule has 0 spiro atoms. The molecule has 4 heteroatoms. The molecule has 1 amide bonds. The van der Waals surface area contributed by atoms with Crippen molar-refractivity contribution >= 4 is 5.91 Å². The van der Waals surface area contributed by atoms with Crippen LogP contribution < -0.4 is 14.8 Å². The van der Waals surface area contributed by atoms with Crippen molar-refractivity contribution in [1.82, 2.24) is 5.32 Å². The van der Waals surface area contributed by atoms with Gasteiger partial charge in [0.1, 0.15) is 18.1 Å². The van der Waals surface area contributed by atoms with Gasteiger partial charge in [0.25, 0.3) is 5.91 Å². The van der Waals surface area contributed by atoms with E-state index in [1.165, 1.54) is 0 Å². The minimum absolute atomic E-state index is 0.128. The zero-order valence-electron chi connectivity index (χ0n) is 15.1. The van der Waals surface area contributed by atoms with Crippen molar-refractivity contribution in [1.29, 1.82) is 0 Å². The number of carbonyl (C=O) groups is 1. The summed E-state index contributed by atoms with van der Waals surface area (Å²) < 4.78 is 11.0. The molecular weight excluding hydrogens is 314 g/mol. The molecule has 2 aromatic rings. The van der Waals surface area contributed by atoms with Gasteiger partial charge < -0.3 is 14.8 Å². The molecule has 0 aliphatic rings. The molecule has 0 aliphatic heterocycles. The summed E-state index contributed by atoms with van der Waals surface area (Å²) in [6.45, 7) is 8.66. The second kappa shape index (κ2) is 8.92. The number of amides is 1. The second-order valence-corrected chi connectivity index (χ2v) is 5.95. The number of hydrogen-bond acceptors (Lipinski definition) is 3. The van der Waals surface area contributed by atoms with E-state index in [0.29, 0.717) is 25.1 Å². The molecule has 0 radical (unpaired) electrons. The summed E-state index contributed by atoms with van der Waals surface area (Å²) in [5, 5.41) is 2.87. The topological polar surface area (TPSA) is 47.6 Å². The molecule has 0 saturated heterocycles. The molecule has 0 heterocycles. The SMILES string of the molecule is C=CCc1cc(C(=O)NCCOc2cc(C)cc(C)c2)ccc1OC. The van der Waals surface area contributed by atoms with Gasteiger partial charge in [0.05, 0.1) is 13.7 Å². The largest absolute Gasteiger partial charge is 0.496 e. The van der Waals surface area contributed by atoms with Gasteiger partial charge in [-0.05, 0) is 67.3 Å². The number of rotatable bonds is 8. The number of aryl methyl sites for hydroxylation is 2. The monoisotopic (exact) mass is 339 g/mol. The molecule has 132 valence electrons. The van der Waals surface area contributed by atoms with E-state index in [1.807, 2.05) is 32.0 Å². The molecule has 0 aromatic heterocycles. The highest BCUT2D eigenvalue weighted by molar-refractivity contribution is 5.94. The fourth-order valence-corrected chi connectivity index (χ4v) is 2.69. The van der Waals surface area contributed by atoms with E-state index in [9.17, 15) is 4.79 Å². The van der Waals surface area contributed by atoms with Gasteiger partial charge in [-0.15, -0.1) is 6.58 Å². The van der Waals surface area contributed by atoms with E-state index in [1.54, 1.807) is 25.3 Å². The molecule has 1 N–H and O–H groups in total. The summed E-state index contributed by atoms with van der Waals surface area (Å²) in [5.74, 6) is 1.45. The van der Waals surface area contributed by atoms with Crippen LogP contribution in [0.2, 0.25) is 0 Å². The van der Waals surface area contributed by atoms with Crippen molar-refractivity contribution < 1.29 is 14.3 Å². The molecular formula is C21H25NO3. The standard InChI is InChI=1S/C21H25NO3/c1-5-6-17-14-18(7-8-20(17)24-4)21(23)22-9-10-25-19-12-15(2)11-16(3)13-19/h5,7-8,11-14H,1,6,9-10H2,2-4H3,(H,22,23). The van der Waals surface area contributed by atoms with Gasteiger partial charge in [-0.3, -0.25) is 4.79 Å². The number of carbonyl (C=O) groups excluding carboxylic acids is 1. The second-order valence-electron chi connectivity index (χ2n) is 5.95. The maximum Gasteiger partial charge on any atom is 0.251 e. The highest BCUT2D eigenvalue weighted by Crippen LogP contribution is 2.21. The number of allylic oxidation sites excluding steroid dienone is 1. The number of nitrogens with one attached hydrogen (secondary N) is 1. The minimum atomic E-state index is -0.128. The van der Waals surface area contributed by atoms with Crippen LogP contribution in [-0.2, 0) is 6.42 Å². The highest BCUT2D eigenvalue weighted by Gasteiger charge is 2.09. The van der Waals surface area contributed by atoms with E-state index in [0.717, 1.165) is 28.2 Å². The Hall–Kier alpha value is -2.75. The molecule has 25 heavy (non-hydrogen) atoms. The van der Waals surface area contributed by atoms with E-state index < -0.39 is 0 Å². The van der Waals surface area contributed by atoms with E-state index in [-0.39, 0.29) is 5.91 Å². The molecule has 2 rings (SSSR count). The molecule has 0 unspecified atom stereocenters. The van der Waals surface area contributed by atoms with Crippen LogP contribution in [0.1, 0.15) is 27.0 Å². The Morgan fingerprint density at radius 1 is 1.16 bits per heavy atom. The first kappa shape index (κ1) is 18.6. The first-order chi connectivity index (χ1) is 12.0. The molecule has 0 bridgehead atoms. The Morgan fingerprint density at radius 3 is 2.52 bits per heavy atom. The van der Waals surface area contributed by atoms with Gasteiger partial charge in [-0.25, -0.2) is 0 Å². The summed E-state index contributed by atoms with van der Waals surface area (Å²) in [6.07, 6.45) is 2.44. The van der Waals surface area contributed by atoms with Crippen molar-refractivity contribution in [2.45, 2.75) is 20.3 Å². The third-order valence-electron chi connectivity index (χ3n) is 3.76. The highest BCUT2D eigenvalue weighted by atomic mass is 16.5. The first-order valence-electron chi connectivity index (χ1n) is 8.30. The summed E-state index contributed by atoms with van der Waals surface area (Å²) in [6, 6.07) is 11.5. The molecule has 0 aliphatic carbocycles. The summed E-state index contributed by atoms with van der Waals surface area (Å²) in [4.78, 5) is 12.3. The third kappa shape index (κ3) is 5.38. The summed E-state index contributed by atoms with van der Waals surface area (Å²) >= 11 is 0. The average Bonchev–Trinajstić information content (AvgIpc) is 2.58. The zero-order chi connectivity index (χ0) is 18.2. The van der Waals surface area contributed by atoms with Gasteiger partial charge in [0.2, 0.25) is 0 Å². The maximum atomic E-state index is 12.3. The molecule has 0 saturated carbocycles. The number of hydrogen-bond donors (Lipinski definition) is 1. The molecule has 0 atom stereocenters. The summed E-state index contributed by atoms with van der Waals surface area (Å²) in [7, 11) is 1.62. The van der Waals surface area contributed by atoms with Gasteiger partial charge in [0.15, 0.2) is 0 Å². The van der Waals surface area contributed by atoms with Crippen LogP contribution in [0, 0.1) is 13.8 Å². The Kier molecular flexibility index (Phi) is 6.63. The fourth-order valence-electron chi connectivity index (χ4n) is 2.69. The molecule has 2 aromatic carbocycles. The Bertz CT molecular complexity index is 733. The van der Waals surface area contributed by atoms with Crippen LogP contribution in [0.4, 0.5) is 0 Å². The van der Waals surface area contributed by atoms with Gasteiger partial charge >= 0.3 is 0 Å². The van der Waals surface area contributed by atoms with Crippen LogP contribution in [0.15, 0.2) is 49.1 Å². The predicted octanol–water partition coefficient (Wildman–Crippen LogP) is 3.85. The first-order valence-corrected chi connectivity index (χ1v) is 8.30. The fraction of sp³-hybridized carbons (Fsp3) is 0.286. The zero-order valence-corrected chi connectivity index (χ0v) is 15.1. The van der Waals surface area contributed by atoms with Gasteiger partial charge in [-0.1, -0.05) is 12.1 Å². The lowest BCUT2D eigenvalue weighted by Crippen LogP contribution is -2.28. The lowest BCUT2D eigenvalue weighted by atomic mass is 10.1. The average molecular weight is 339 g/mol. The van der Waals surface area contributed by atoms with E-state index >= 15 is 0 Å². The van der Waals surface area contributed by atoms with Crippen molar-refractivity contribution in [3.63, 3.8) is 0 Å². The van der Waals surface area contributed by atoms with Gasteiger partial charge in [-0.2, -0.15) is 0 Å². The van der Waals surface area contributed by atoms with Crippen molar-refractivity contribution in [2.24, 2.45) is 0 Å². The molecule has 0 fully saturated rings. The number of methoxy groups -OCH3 is 1. The predicted molar refractivity (Wildman–Crippen MR) is 101 cm³/mol. The van der Waals surface area contributed by atoms with E-state index in [4.69, 9.17) is 9.47 Å². The van der Waals surface area contributed by atoms with Crippen molar-refractivity contribution in [3.8, 4) is 11.5 Å². The molecule has 4 nitrogen and oxygen atoms in total. The lowest BCUT2D eigenvalue weighted by Gasteiger charge is -2.11. The normalized spacial score (nSPS) is 10.2. The van der Waals surface area contributed by atoms with Crippen LogP contribution in [-0.4, -0.2) is 26.2 Å². The summed E-state index contributed by atoms with van der Waals surface area (Å²) in [5.41, 5.74) is 3.86. The number of benzene rings is 2. The Morgan fingerprint density at radius 2 is 1.88 bits per heavy atom. The van der Waals surface area contributed by atoms with Gasteiger partial charge in [0, 0.05) is 5.56 Å². The number of ether oxygens (including phenoxy) is 2. The smallest absolute Gasteiger partial charge is 0.251 e. The Balaban J connectivity index is 1.89. The Labute approximate surface area is 149 Å². The van der Waals surface area contributed by atoms with E-state index in [2.05, 4.69) is 18.0 Å². The van der Waals surface area contributed by atoms with Crippen LogP contribution in [0.5, 0.6) is 11.5 Å². The van der Waals surface area contributed by atoms with Crippen LogP contribution in [0.25, 0.3) is 0 Å². The van der Waals surface area contributed by atoms with Crippen LogP contribution >= 0.6 is 0 Å². The quantitative estimate of drug-likeness (QED) is 0.587. The van der Waals surface area contributed by atoms with Crippen LogP contribution in [0.3, 0.4) is 0 Å².